The van der Waals surface area contributed by atoms with E-state index in [4.69, 9.17) is 9.47 Å². The van der Waals surface area contributed by atoms with Gasteiger partial charge in [-0.2, -0.15) is 0 Å². The number of thiophene rings is 1. The first kappa shape index (κ1) is 18.9. The van der Waals surface area contributed by atoms with Crippen LogP contribution in [0.1, 0.15) is 31.7 Å². The lowest BCUT2D eigenvalue weighted by Gasteiger charge is -2.35. The number of nitrogens with zero attached hydrogens (tertiary/aromatic N) is 1. The number of nitrogens with one attached hydrogen (secondary N) is 1. The van der Waals surface area contributed by atoms with Crippen molar-refractivity contribution in [2.24, 2.45) is 0 Å². The summed E-state index contributed by atoms with van der Waals surface area (Å²) in [5.41, 5.74) is 1.95. The molecule has 1 aliphatic rings. The van der Waals surface area contributed by atoms with Gasteiger partial charge in [-0.15, -0.1) is 11.3 Å². The van der Waals surface area contributed by atoms with Crippen LogP contribution in [-0.4, -0.2) is 50.8 Å². The van der Waals surface area contributed by atoms with E-state index in [1.165, 1.54) is 5.56 Å². The van der Waals surface area contributed by atoms with E-state index in [9.17, 15) is 4.79 Å². The zero-order valence-electron chi connectivity index (χ0n) is 15.6. The maximum absolute atomic E-state index is 12.6. The average molecular weight is 375 g/mol. The Labute approximate surface area is 158 Å². The van der Waals surface area contributed by atoms with Crippen LogP contribution >= 0.6 is 11.3 Å². The molecule has 1 amide bonds. The number of amides is 1. The highest BCUT2D eigenvalue weighted by Gasteiger charge is 2.24. The summed E-state index contributed by atoms with van der Waals surface area (Å²) in [6, 6.07) is 10.2. The quantitative estimate of drug-likeness (QED) is 0.844. The van der Waals surface area contributed by atoms with Crippen molar-refractivity contribution in [1.29, 1.82) is 0 Å². The molecule has 2 aromatic rings. The van der Waals surface area contributed by atoms with Gasteiger partial charge in [-0.1, -0.05) is 12.1 Å². The summed E-state index contributed by atoms with van der Waals surface area (Å²) in [7, 11) is 1.67. The molecule has 26 heavy (non-hydrogen) atoms. The van der Waals surface area contributed by atoms with Gasteiger partial charge in [0.1, 0.15) is 5.75 Å². The van der Waals surface area contributed by atoms with Gasteiger partial charge in [-0.05, 0) is 37.6 Å². The summed E-state index contributed by atoms with van der Waals surface area (Å²) in [4.78, 5) is 17.2. The van der Waals surface area contributed by atoms with Crippen LogP contribution in [0.25, 0.3) is 0 Å². The van der Waals surface area contributed by atoms with Gasteiger partial charge in [0, 0.05) is 29.4 Å². The molecule has 140 valence electrons. The lowest BCUT2D eigenvalue weighted by Crippen LogP contribution is -2.43. The highest BCUT2D eigenvalue weighted by Crippen LogP contribution is 2.25. The third-order valence-electron chi connectivity index (χ3n) is 4.73. The number of hydrogen-bond acceptors (Lipinski definition) is 5. The van der Waals surface area contributed by atoms with Crippen molar-refractivity contribution in [3.63, 3.8) is 0 Å². The van der Waals surface area contributed by atoms with Crippen molar-refractivity contribution in [3.05, 3.63) is 51.2 Å². The fourth-order valence-electron chi connectivity index (χ4n) is 3.31. The van der Waals surface area contributed by atoms with Gasteiger partial charge in [0.15, 0.2) is 0 Å². The van der Waals surface area contributed by atoms with Crippen molar-refractivity contribution in [3.8, 4) is 5.75 Å². The Kier molecular flexibility index (Phi) is 6.29. The molecule has 1 aliphatic heterocycles. The Morgan fingerprint density at radius 2 is 1.96 bits per heavy atom. The molecule has 1 unspecified atom stereocenters. The number of morpholine rings is 1. The molecule has 1 aromatic heterocycles. The number of rotatable bonds is 6. The van der Waals surface area contributed by atoms with E-state index < -0.39 is 0 Å². The van der Waals surface area contributed by atoms with Crippen LogP contribution in [0.5, 0.6) is 5.75 Å². The van der Waals surface area contributed by atoms with Crippen LogP contribution in [-0.2, 0) is 4.74 Å². The molecule has 6 heteroatoms. The predicted molar refractivity (Wildman–Crippen MR) is 104 cm³/mol. The molecular weight excluding hydrogens is 348 g/mol. The highest BCUT2D eigenvalue weighted by atomic mass is 32.1. The molecule has 0 aliphatic carbocycles. The normalized spacial score (nSPS) is 16.3. The molecule has 0 spiro atoms. The van der Waals surface area contributed by atoms with Crippen LogP contribution in [0.4, 0.5) is 0 Å². The largest absolute Gasteiger partial charge is 0.497 e. The first-order valence-corrected chi connectivity index (χ1v) is 9.71. The van der Waals surface area contributed by atoms with Gasteiger partial charge < -0.3 is 14.8 Å². The maximum Gasteiger partial charge on any atom is 0.252 e. The number of carbonyl (C=O) groups is 1. The third kappa shape index (κ3) is 4.44. The predicted octanol–water partition coefficient (Wildman–Crippen LogP) is 3.18. The Balaban J connectivity index is 1.74. The summed E-state index contributed by atoms with van der Waals surface area (Å²) in [5.74, 6) is 0.835. The molecule has 0 bridgehead atoms. The van der Waals surface area contributed by atoms with Gasteiger partial charge >= 0.3 is 0 Å². The van der Waals surface area contributed by atoms with E-state index in [1.807, 2.05) is 32.0 Å². The third-order valence-corrected chi connectivity index (χ3v) is 5.69. The molecule has 1 atom stereocenters. The first-order valence-electron chi connectivity index (χ1n) is 8.89. The van der Waals surface area contributed by atoms with Gasteiger partial charge in [-0.3, -0.25) is 9.69 Å². The van der Waals surface area contributed by atoms with Crippen LogP contribution in [0.2, 0.25) is 0 Å². The molecule has 1 aromatic carbocycles. The Morgan fingerprint density at radius 1 is 1.27 bits per heavy atom. The maximum atomic E-state index is 12.6. The first-order chi connectivity index (χ1) is 12.6. The lowest BCUT2D eigenvalue weighted by molar-refractivity contribution is 0.0162. The minimum Gasteiger partial charge on any atom is -0.497 e. The Morgan fingerprint density at radius 3 is 2.54 bits per heavy atom. The fraction of sp³-hybridized carbons (Fsp3) is 0.450. The van der Waals surface area contributed by atoms with Crippen molar-refractivity contribution < 1.29 is 14.3 Å². The van der Waals surface area contributed by atoms with Crippen molar-refractivity contribution in [1.82, 2.24) is 10.2 Å². The van der Waals surface area contributed by atoms with Crippen LogP contribution in [0, 0.1) is 13.8 Å². The number of hydrogen-bond donors (Lipinski definition) is 1. The van der Waals surface area contributed by atoms with Crippen LogP contribution in [0.15, 0.2) is 30.3 Å². The highest BCUT2D eigenvalue weighted by molar-refractivity contribution is 7.12. The molecule has 0 radical (unpaired) electrons. The number of carbonyl (C=O) groups excluding carboxylic acids is 1. The number of aryl methyl sites for hydroxylation is 2. The minimum atomic E-state index is -0.00128. The van der Waals surface area contributed by atoms with Gasteiger partial charge in [0.25, 0.3) is 5.91 Å². The van der Waals surface area contributed by atoms with Crippen molar-refractivity contribution in [2.75, 3.05) is 40.0 Å². The minimum absolute atomic E-state index is 0.00128. The summed E-state index contributed by atoms with van der Waals surface area (Å²) in [6.07, 6.45) is 0. The number of ether oxygens (including phenoxy) is 2. The summed E-state index contributed by atoms with van der Waals surface area (Å²) >= 11 is 1.66. The van der Waals surface area contributed by atoms with Crippen molar-refractivity contribution >= 4 is 17.2 Å². The smallest absolute Gasteiger partial charge is 0.252 e. The van der Waals surface area contributed by atoms with Crippen LogP contribution in [0.3, 0.4) is 0 Å². The van der Waals surface area contributed by atoms with Gasteiger partial charge in [0.2, 0.25) is 0 Å². The van der Waals surface area contributed by atoms with Gasteiger partial charge in [0.05, 0.1) is 31.9 Å². The molecule has 1 N–H and O–H groups in total. The van der Waals surface area contributed by atoms with E-state index in [0.29, 0.717) is 6.54 Å². The number of methoxy groups -OCH3 is 1. The molecular formula is C20H26N2O3S. The van der Waals surface area contributed by atoms with E-state index >= 15 is 0 Å². The summed E-state index contributed by atoms with van der Waals surface area (Å²) in [6.45, 7) is 7.77. The fourth-order valence-corrected chi connectivity index (χ4v) is 4.24. The molecule has 0 saturated carbocycles. The standard InChI is InChI=1S/C20H26N2O3S/c1-14-12-18(15(2)26-14)20(23)21-13-19(22-8-10-25-11-9-22)16-4-6-17(24-3)7-5-16/h4-7,12,19H,8-11,13H2,1-3H3,(H,21,23). The molecule has 5 nitrogen and oxygen atoms in total. The summed E-state index contributed by atoms with van der Waals surface area (Å²) < 4.78 is 10.8. The topological polar surface area (TPSA) is 50.8 Å². The SMILES string of the molecule is COc1ccc(C(CNC(=O)c2cc(C)sc2C)N2CCOCC2)cc1. The Bertz CT molecular complexity index is 736. The second-order valence-electron chi connectivity index (χ2n) is 6.47. The molecule has 3 rings (SSSR count). The van der Waals surface area contributed by atoms with E-state index in [-0.39, 0.29) is 11.9 Å². The molecule has 1 fully saturated rings. The zero-order chi connectivity index (χ0) is 18.5. The van der Waals surface area contributed by atoms with Crippen LogP contribution < -0.4 is 10.1 Å². The number of benzene rings is 1. The molecule has 1 saturated heterocycles. The van der Waals surface area contributed by atoms with E-state index in [1.54, 1.807) is 18.4 Å². The average Bonchev–Trinajstić information content (AvgIpc) is 3.01. The monoisotopic (exact) mass is 374 g/mol. The van der Waals surface area contributed by atoms with Crippen molar-refractivity contribution in [2.45, 2.75) is 19.9 Å². The molecule has 2 heterocycles. The van der Waals surface area contributed by atoms with E-state index in [2.05, 4.69) is 22.3 Å². The second kappa shape index (κ2) is 8.66. The summed E-state index contributed by atoms with van der Waals surface area (Å²) in [5, 5.41) is 3.13. The lowest BCUT2D eigenvalue weighted by atomic mass is 10.0. The van der Waals surface area contributed by atoms with Gasteiger partial charge in [-0.25, -0.2) is 0 Å². The second-order valence-corrected chi connectivity index (χ2v) is 7.93. The van der Waals surface area contributed by atoms with E-state index in [0.717, 1.165) is 47.4 Å². The Hall–Kier alpha value is -1.89. The zero-order valence-corrected chi connectivity index (χ0v) is 16.4.